The first-order valence-corrected chi connectivity index (χ1v) is 9.14. The Bertz CT molecular complexity index is 451. The molecular formula is C18H27BrN2. The van der Waals surface area contributed by atoms with Crippen LogP contribution in [0.5, 0.6) is 0 Å². The van der Waals surface area contributed by atoms with Crippen molar-refractivity contribution in [2.24, 2.45) is 5.92 Å². The standard InChI is InChI=1S/C18H27BrN2/c1-13(2)21-8-7-14(12-21)11-20-18-9-16(10-18)15-3-5-17(19)6-4-15/h3-6,13-14,16,18,20H,7-12H2,1-2H3. The summed E-state index contributed by atoms with van der Waals surface area (Å²) in [6.07, 6.45) is 3.98. The van der Waals surface area contributed by atoms with E-state index in [1.165, 1.54) is 48.9 Å². The summed E-state index contributed by atoms with van der Waals surface area (Å²) < 4.78 is 1.18. The van der Waals surface area contributed by atoms with Gasteiger partial charge in [-0.3, -0.25) is 0 Å². The Morgan fingerprint density at radius 1 is 1.24 bits per heavy atom. The van der Waals surface area contributed by atoms with E-state index in [4.69, 9.17) is 0 Å². The molecule has 1 unspecified atom stereocenters. The lowest BCUT2D eigenvalue weighted by atomic mass is 9.76. The number of rotatable bonds is 5. The van der Waals surface area contributed by atoms with Crippen molar-refractivity contribution in [3.63, 3.8) is 0 Å². The van der Waals surface area contributed by atoms with E-state index in [1.54, 1.807) is 0 Å². The molecule has 3 heteroatoms. The number of hydrogen-bond acceptors (Lipinski definition) is 2. The number of benzene rings is 1. The molecule has 1 aromatic rings. The number of hydrogen-bond donors (Lipinski definition) is 1. The highest BCUT2D eigenvalue weighted by Crippen LogP contribution is 2.37. The maximum atomic E-state index is 3.80. The van der Waals surface area contributed by atoms with Crippen LogP contribution in [0.2, 0.25) is 0 Å². The fraction of sp³-hybridized carbons (Fsp3) is 0.667. The maximum Gasteiger partial charge on any atom is 0.0175 e. The lowest BCUT2D eigenvalue weighted by Crippen LogP contribution is -2.42. The Balaban J connectivity index is 1.37. The molecule has 1 heterocycles. The highest BCUT2D eigenvalue weighted by molar-refractivity contribution is 9.10. The number of nitrogens with zero attached hydrogens (tertiary/aromatic N) is 1. The molecule has 0 radical (unpaired) electrons. The SMILES string of the molecule is CC(C)N1CCC(CNC2CC(c3ccc(Br)cc3)C2)C1. The second-order valence-corrected chi connectivity index (χ2v) is 7.98. The molecule has 1 saturated heterocycles. The van der Waals surface area contributed by atoms with E-state index in [0.29, 0.717) is 6.04 Å². The smallest absolute Gasteiger partial charge is 0.0175 e. The van der Waals surface area contributed by atoms with Crippen molar-refractivity contribution in [3.05, 3.63) is 34.3 Å². The fourth-order valence-corrected chi connectivity index (χ4v) is 3.89. The minimum atomic E-state index is 0.709. The van der Waals surface area contributed by atoms with Crippen LogP contribution >= 0.6 is 15.9 Å². The molecule has 2 fully saturated rings. The van der Waals surface area contributed by atoms with E-state index in [2.05, 4.69) is 64.3 Å². The number of likely N-dealkylation sites (tertiary alicyclic amines) is 1. The highest BCUT2D eigenvalue weighted by Gasteiger charge is 2.31. The zero-order valence-electron chi connectivity index (χ0n) is 13.2. The lowest BCUT2D eigenvalue weighted by molar-refractivity contribution is 0.250. The van der Waals surface area contributed by atoms with Crippen LogP contribution in [0.3, 0.4) is 0 Å². The molecule has 0 spiro atoms. The molecule has 116 valence electrons. The van der Waals surface area contributed by atoms with Crippen molar-refractivity contribution >= 4 is 15.9 Å². The van der Waals surface area contributed by atoms with Gasteiger partial charge in [0.1, 0.15) is 0 Å². The molecule has 0 aromatic heterocycles. The first-order chi connectivity index (χ1) is 10.1. The Kier molecular flexibility index (Phi) is 5.03. The number of halogens is 1. The average molecular weight is 351 g/mol. The predicted octanol–water partition coefficient (Wildman–Crippen LogP) is 4.02. The van der Waals surface area contributed by atoms with Crippen LogP contribution in [-0.4, -0.2) is 36.6 Å². The van der Waals surface area contributed by atoms with Crippen LogP contribution in [-0.2, 0) is 0 Å². The first-order valence-electron chi connectivity index (χ1n) is 8.34. The van der Waals surface area contributed by atoms with Crippen molar-refractivity contribution in [2.45, 2.75) is 51.1 Å². The van der Waals surface area contributed by atoms with Crippen molar-refractivity contribution in [3.8, 4) is 0 Å². The Labute approximate surface area is 137 Å². The van der Waals surface area contributed by atoms with Crippen LogP contribution < -0.4 is 5.32 Å². The van der Waals surface area contributed by atoms with Crippen molar-refractivity contribution in [1.82, 2.24) is 10.2 Å². The Morgan fingerprint density at radius 2 is 1.95 bits per heavy atom. The number of nitrogens with one attached hydrogen (secondary N) is 1. The van der Waals surface area contributed by atoms with Crippen LogP contribution in [0, 0.1) is 5.92 Å². The summed E-state index contributed by atoms with van der Waals surface area (Å²) in [7, 11) is 0. The summed E-state index contributed by atoms with van der Waals surface area (Å²) in [5.74, 6) is 1.63. The van der Waals surface area contributed by atoms with E-state index in [9.17, 15) is 0 Å². The lowest BCUT2D eigenvalue weighted by Gasteiger charge is -2.37. The fourth-order valence-electron chi connectivity index (χ4n) is 3.62. The van der Waals surface area contributed by atoms with E-state index in [1.807, 2.05) is 0 Å². The van der Waals surface area contributed by atoms with E-state index < -0.39 is 0 Å². The molecule has 1 atom stereocenters. The van der Waals surface area contributed by atoms with Crippen LogP contribution in [0.1, 0.15) is 44.6 Å². The molecule has 1 saturated carbocycles. The van der Waals surface area contributed by atoms with Crippen molar-refractivity contribution in [1.29, 1.82) is 0 Å². The third kappa shape index (κ3) is 3.88. The maximum absolute atomic E-state index is 3.80. The van der Waals surface area contributed by atoms with Gasteiger partial charge in [-0.15, -0.1) is 0 Å². The molecule has 1 N–H and O–H groups in total. The molecule has 3 rings (SSSR count). The Morgan fingerprint density at radius 3 is 2.57 bits per heavy atom. The monoisotopic (exact) mass is 350 g/mol. The summed E-state index contributed by atoms with van der Waals surface area (Å²) in [4.78, 5) is 2.61. The van der Waals surface area contributed by atoms with Crippen molar-refractivity contribution in [2.75, 3.05) is 19.6 Å². The van der Waals surface area contributed by atoms with Crippen LogP contribution in [0.25, 0.3) is 0 Å². The summed E-state index contributed by atoms with van der Waals surface area (Å²) in [6, 6.07) is 10.3. The third-order valence-corrected chi connectivity index (χ3v) is 5.75. The molecule has 1 aliphatic heterocycles. The average Bonchev–Trinajstić information content (AvgIpc) is 2.88. The second kappa shape index (κ2) is 6.80. The summed E-state index contributed by atoms with van der Waals surface area (Å²) >= 11 is 3.51. The zero-order valence-corrected chi connectivity index (χ0v) is 14.8. The summed E-state index contributed by atoms with van der Waals surface area (Å²) in [5.41, 5.74) is 1.50. The van der Waals surface area contributed by atoms with Crippen molar-refractivity contribution < 1.29 is 0 Å². The zero-order chi connectivity index (χ0) is 14.8. The summed E-state index contributed by atoms with van der Waals surface area (Å²) in [5, 5.41) is 3.80. The molecule has 2 aliphatic rings. The van der Waals surface area contributed by atoms with Gasteiger partial charge < -0.3 is 10.2 Å². The van der Waals surface area contributed by atoms with Crippen LogP contribution in [0.15, 0.2) is 28.7 Å². The minimum absolute atomic E-state index is 0.709. The van der Waals surface area contributed by atoms with Gasteiger partial charge in [0.15, 0.2) is 0 Å². The molecule has 21 heavy (non-hydrogen) atoms. The quantitative estimate of drug-likeness (QED) is 0.862. The third-order valence-electron chi connectivity index (χ3n) is 5.22. The largest absolute Gasteiger partial charge is 0.314 e. The van der Waals surface area contributed by atoms with Gasteiger partial charge >= 0.3 is 0 Å². The van der Waals surface area contributed by atoms with Gasteiger partial charge in [-0.1, -0.05) is 28.1 Å². The highest BCUT2D eigenvalue weighted by atomic mass is 79.9. The second-order valence-electron chi connectivity index (χ2n) is 7.07. The predicted molar refractivity (Wildman–Crippen MR) is 92.7 cm³/mol. The molecule has 2 nitrogen and oxygen atoms in total. The summed E-state index contributed by atoms with van der Waals surface area (Å²) in [6.45, 7) is 8.40. The molecule has 0 amide bonds. The van der Waals surface area contributed by atoms with Gasteiger partial charge in [-0.05, 0) is 75.7 Å². The van der Waals surface area contributed by atoms with Gasteiger partial charge in [-0.25, -0.2) is 0 Å². The topological polar surface area (TPSA) is 15.3 Å². The Hall–Kier alpha value is -0.380. The van der Waals surface area contributed by atoms with Gasteiger partial charge in [-0.2, -0.15) is 0 Å². The van der Waals surface area contributed by atoms with Gasteiger partial charge in [0, 0.05) is 23.1 Å². The van der Waals surface area contributed by atoms with E-state index >= 15 is 0 Å². The minimum Gasteiger partial charge on any atom is -0.314 e. The van der Waals surface area contributed by atoms with Gasteiger partial charge in [0.2, 0.25) is 0 Å². The molecule has 1 aliphatic carbocycles. The molecular weight excluding hydrogens is 324 g/mol. The van der Waals surface area contributed by atoms with Crippen LogP contribution in [0.4, 0.5) is 0 Å². The van der Waals surface area contributed by atoms with E-state index in [0.717, 1.165) is 17.9 Å². The normalized spacial score (nSPS) is 29.8. The first kappa shape index (κ1) is 15.5. The molecule has 1 aromatic carbocycles. The van der Waals surface area contributed by atoms with E-state index in [-0.39, 0.29) is 0 Å². The van der Waals surface area contributed by atoms with Gasteiger partial charge in [0.05, 0.1) is 0 Å². The molecule has 0 bridgehead atoms. The van der Waals surface area contributed by atoms with Gasteiger partial charge in [0.25, 0.3) is 0 Å².